The fourth-order valence-electron chi connectivity index (χ4n) is 1.56. The Morgan fingerprint density at radius 2 is 2.14 bits per heavy atom. The highest BCUT2D eigenvalue weighted by Gasteiger charge is 2.06. The summed E-state index contributed by atoms with van der Waals surface area (Å²) in [7, 11) is 0. The standard InChI is InChI=1S/C11H19N3/c1-8(2)6-9(3)14-11-7-13-5-4-10(11)12/h4-5,7-9,14H,6H2,1-3H3,(H2,12,13). The van der Waals surface area contributed by atoms with Crippen LogP contribution < -0.4 is 11.1 Å². The summed E-state index contributed by atoms with van der Waals surface area (Å²) in [5.74, 6) is 0.690. The summed E-state index contributed by atoms with van der Waals surface area (Å²) >= 11 is 0. The summed E-state index contributed by atoms with van der Waals surface area (Å²) in [6, 6.07) is 2.24. The normalized spacial score (nSPS) is 12.9. The maximum Gasteiger partial charge on any atom is 0.0762 e. The maximum absolute atomic E-state index is 5.80. The monoisotopic (exact) mass is 193 g/mol. The molecule has 14 heavy (non-hydrogen) atoms. The predicted molar refractivity (Wildman–Crippen MR) is 61.2 cm³/mol. The van der Waals surface area contributed by atoms with E-state index in [2.05, 4.69) is 31.1 Å². The van der Waals surface area contributed by atoms with Gasteiger partial charge in [0.25, 0.3) is 0 Å². The molecule has 0 saturated heterocycles. The smallest absolute Gasteiger partial charge is 0.0762 e. The summed E-state index contributed by atoms with van der Waals surface area (Å²) in [6.07, 6.45) is 4.61. The molecule has 0 aliphatic heterocycles. The molecule has 3 nitrogen and oxygen atoms in total. The van der Waals surface area contributed by atoms with Crippen LogP contribution in [0.15, 0.2) is 18.5 Å². The second-order valence-electron chi connectivity index (χ2n) is 4.14. The second kappa shape index (κ2) is 4.84. The average Bonchev–Trinajstić information content (AvgIpc) is 2.07. The fourth-order valence-corrected chi connectivity index (χ4v) is 1.56. The van der Waals surface area contributed by atoms with Crippen LogP contribution in [0.3, 0.4) is 0 Å². The van der Waals surface area contributed by atoms with Crippen molar-refractivity contribution < 1.29 is 0 Å². The predicted octanol–water partition coefficient (Wildman–Crippen LogP) is 2.51. The fraction of sp³-hybridized carbons (Fsp3) is 0.545. The van der Waals surface area contributed by atoms with Crippen LogP contribution in [-0.4, -0.2) is 11.0 Å². The van der Waals surface area contributed by atoms with E-state index in [-0.39, 0.29) is 0 Å². The third-order valence-electron chi connectivity index (χ3n) is 2.08. The van der Waals surface area contributed by atoms with Gasteiger partial charge in [0, 0.05) is 12.2 Å². The lowest BCUT2D eigenvalue weighted by Crippen LogP contribution is -2.18. The van der Waals surface area contributed by atoms with Gasteiger partial charge in [0.05, 0.1) is 17.6 Å². The van der Waals surface area contributed by atoms with Crippen molar-refractivity contribution in [3.8, 4) is 0 Å². The highest BCUT2D eigenvalue weighted by molar-refractivity contribution is 5.64. The van der Waals surface area contributed by atoms with Gasteiger partial charge in [-0.1, -0.05) is 13.8 Å². The van der Waals surface area contributed by atoms with E-state index in [1.165, 1.54) is 0 Å². The van der Waals surface area contributed by atoms with Crippen molar-refractivity contribution in [2.45, 2.75) is 33.2 Å². The Kier molecular flexibility index (Phi) is 3.74. The third-order valence-corrected chi connectivity index (χ3v) is 2.08. The Morgan fingerprint density at radius 1 is 1.43 bits per heavy atom. The third kappa shape index (κ3) is 3.24. The van der Waals surface area contributed by atoms with E-state index >= 15 is 0 Å². The Morgan fingerprint density at radius 3 is 2.71 bits per heavy atom. The van der Waals surface area contributed by atoms with Crippen molar-refractivity contribution in [3.63, 3.8) is 0 Å². The molecule has 0 aromatic carbocycles. The Balaban J connectivity index is 2.56. The first-order valence-electron chi connectivity index (χ1n) is 5.05. The zero-order valence-corrected chi connectivity index (χ0v) is 9.12. The van der Waals surface area contributed by atoms with Gasteiger partial charge in [0.2, 0.25) is 0 Å². The number of nitrogen functional groups attached to an aromatic ring is 1. The van der Waals surface area contributed by atoms with Crippen molar-refractivity contribution >= 4 is 11.4 Å². The molecule has 1 heterocycles. The highest BCUT2D eigenvalue weighted by Crippen LogP contribution is 2.18. The van der Waals surface area contributed by atoms with Crippen molar-refractivity contribution in [3.05, 3.63) is 18.5 Å². The number of anilines is 2. The van der Waals surface area contributed by atoms with E-state index in [1.807, 2.05) is 6.07 Å². The van der Waals surface area contributed by atoms with Crippen LogP contribution in [0, 0.1) is 5.92 Å². The molecule has 1 atom stereocenters. The number of pyridine rings is 1. The Hall–Kier alpha value is -1.25. The lowest BCUT2D eigenvalue weighted by Gasteiger charge is -2.17. The molecule has 0 radical (unpaired) electrons. The number of nitrogens with zero attached hydrogens (tertiary/aromatic N) is 1. The molecule has 0 saturated carbocycles. The van der Waals surface area contributed by atoms with Gasteiger partial charge in [-0.2, -0.15) is 0 Å². The summed E-state index contributed by atoms with van der Waals surface area (Å²) in [4.78, 5) is 4.04. The minimum atomic E-state index is 0.432. The molecule has 0 bridgehead atoms. The number of aromatic nitrogens is 1. The Bertz CT molecular complexity index is 284. The topological polar surface area (TPSA) is 50.9 Å². The molecule has 78 valence electrons. The van der Waals surface area contributed by atoms with E-state index in [1.54, 1.807) is 12.4 Å². The van der Waals surface area contributed by atoms with Crippen LogP contribution in [0.1, 0.15) is 27.2 Å². The SMILES string of the molecule is CC(C)CC(C)Nc1cnccc1N. The minimum Gasteiger partial charge on any atom is -0.397 e. The van der Waals surface area contributed by atoms with E-state index < -0.39 is 0 Å². The average molecular weight is 193 g/mol. The maximum atomic E-state index is 5.80. The number of nitrogens with one attached hydrogen (secondary N) is 1. The molecule has 0 aliphatic carbocycles. The Labute approximate surface area is 85.7 Å². The highest BCUT2D eigenvalue weighted by atomic mass is 14.9. The van der Waals surface area contributed by atoms with Gasteiger partial charge in [0.15, 0.2) is 0 Å². The van der Waals surface area contributed by atoms with Gasteiger partial charge >= 0.3 is 0 Å². The van der Waals surface area contributed by atoms with E-state index in [4.69, 9.17) is 5.73 Å². The van der Waals surface area contributed by atoms with Crippen LogP contribution in [0.2, 0.25) is 0 Å². The molecule has 3 N–H and O–H groups in total. The van der Waals surface area contributed by atoms with E-state index in [0.29, 0.717) is 12.0 Å². The van der Waals surface area contributed by atoms with Crippen molar-refractivity contribution in [2.75, 3.05) is 11.1 Å². The first-order valence-corrected chi connectivity index (χ1v) is 5.05. The molecular weight excluding hydrogens is 174 g/mol. The molecule has 0 spiro atoms. The molecule has 0 amide bonds. The van der Waals surface area contributed by atoms with E-state index in [0.717, 1.165) is 17.8 Å². The molecular formula is C11H19N3. The molecule has 1 unspecified atom stereocenters. The lowest BCUT2D eigenvalue weighted by atomic mass is 10.1. The molecule has 3 heteroatoms. The number of hydrogen-bond donors (Lipinski definition) is 2. The van der Waals surface area contributed by atoms with Crippen LogP contribution in [0.25, 0.3) is 0 Å². The van der Waals surface area contributed by atoms with Gasteiger partial charge in [-0.15, -0.1) is 0 Å². The van der Waals surface area contributed by atoms with Gasteiger partial charge < -0.3 is 11.1 Å². The van der Waals surface area contributed by atoms with Crippen molar-refractivity contribution in [2.24, 2.45) is 5.92 Å². The largest absolute Gasteiger partial charge is 0.397 e. The summed E-state index contributed by atoms with van der Waals surface area (Å²) in [6.45, 7) is 6.59. The lowest BCUT2D eigenvalue weighted by molar-refractivity contribution is 0.540. The molecule has 1 rings (SSSR count). The first kappa shape index (κ1) is 10.8. The van der Waals surface area contributed by atoms with Gasteiger partial charge in [-0.25, -0.2) is 0 Å². The summed E-state index contributed by atoms with van der Waals surface area (Å²) in [5.41, 5.74) is 7.49. The molecule has 1 aromatic rings. The molecule has 0 fully saturated rings. The van der Waals surface area contributed by atoms with Crippen molar-refractivity contribution in [1.29, 1.82) is 0 Å². The van der Waals surface area contributed by atoms with Crippen LogP contribution in [-0.2, 0) is 0 Å². The minimum absolute atomic E-state index is 0.432. The van der Waals surface area contributed by atoms with Crippen LogP contribution in [0.4, 0.5) is 11.4 Å². The van der Waals surface area contributed by atoms with Crippen LogP contribution >= 0.6 is 0 Å². The molecule has 0 aliphatic rings. The van der Waals surface area contributed by atoms with Crippen molar-refractivity contribution in [1.82, 2.24) is 4.98 Å². The summed E-state index contributed by atoms with van der Waals surface area (Å²) in [5, 5.41) is 3.35. The zero-order valence-electron chi connectivity index (χ0n) is 9.12. The molecule has 1 aromatic heterocycles. The van der Waals surface area contributed by atoms with Gasteiger partial charge in [-0.05, 0) is 25.3 Å². The second-order valence-corrected chi connectivity index (χ2v) is 4.14. The number of nitrogens with two attached hydrogens (primary N) is 1. The number of rotatable bonds is 4. The van der Waals surface area contributed by atoms with Gasteiger partial charge in [0.1, 0.15) is 0 Å². The number of hydrogen-bond acceptors (Lipinski definition) is 3. The van der Waals surface area contributed by atoms with Gasteiger partial charge in [-0.3, -0.25) is 4.98 Å². The first-order chi connectivity index (χ1) is 6.59. The zero-order chi connectivity index (χ0) is 10.6. The van der Waals surface area contributed by atoms with Crippen LogP contribution in [0.5, 0.6) is 0 Å². The summed E-state index contributed by atoms with van der Waals surface area (Å²) < 4.78 is 0. The van der Waals surface area contributed by atoms with E-state index in [9.17, 15) is 0 Å². The quantitative estimate of drug-likeness (QED) is 0.772.